The standard InChI is InChI=1S/C13H20N2/c1-11(12-6-4-3-5-7-12)8-14-13-9-15(2)10-13/h3-7,11,13-14H,8-10H2,1-2H3. The zero-order valence-electron chi connectivity index (χ0n) is 9.61. The van der Waals surface area contributed by atoms with Crippen LogP contribution in [0, 0.1) is 0 Å². The zero-order valence-corrected chi connectivity index (χ0v) is 9.61. The highest BCUT2D eigenvalue weighted by Gasteiger charge is 2.22. The third-order valence-electron chi connectivity index (χ3n) is 3.15. The Morgan fingerprint density at radius 2 is 2.00 bits per heavy atom. The van der Waals surface area contributed by atoms with Crippen LogP contribution in [0.1, 0.15) is 18.4 Å². The van der Waals surface area contributed by atoms with Gasteiger partial charge in [-0.25, -0.2) is 0 Å². The lowest BCUT2D eigenvalue weighted by molar-refractivity contribution is 0.161. The molecule has 0 aliphatic carbocycles. The minimum Gasteiger partial charge on any atom is -0.311 e. The summed E-state index contributed by atoms with van der Waals surface area (Å²) in [7, 11) is 2.17. The van der Waals surface area contributed by atoms with Crippen LogP contribution in [0.3, 0.4) is 0 Å². The molecule has 2 heteroatoms. The van der Waals surface area contributed by atoms with Crippen LogP contribution in [0.5, 0.6) is 0 Å². The molecule has 82 valence electrons. The molecular weight excluding hydrogens is 184 g/mol. The van der Waals surface area contributed by atoms with E-state index < -0.39 is 0 Å². The van der Waals surface area contributed by atoms with Crippen molar-refractivity contribution < 1.29 is 0 Å². The first-order valence-electron chi connectivity index (χ1n) is 5.72. The lowest BCUT2D eigenvalue weighted by atomic mass is 10.0. The molecule has 1 aliphatic heterocycles. The molecule has 1 aliphatic rings. The quantitative estimate of drug-likeness (QED) is 0.803. The van der Waals surface area contributed by atoms with E-state index in [4.69, 9.17) is 0 Å². The number of rotatable bonds is 4. The van der Waals surface area contributed by atoms with E-state index in [2.05, 4.69) is 54.5 Å². The van der Waals surface area contributed by atoms with E-state index >= 15 is 0 Å². The molecule has 2 rings (SSSR count). The van der Waals surface area contributed by atoms with Gasteiger partial charge < -0.3 is 10.2 Å². The van der Waals surface area contributed by atoms with Crippen LogP contribution in [-0.4, -0.2) is 37.6 Å². The summed E-state index contributed by atoms with van der Waals surface area (Å²) >= 11 is 0. The monoisotopic (exact) mass is 204 g/mol. The van der Waals surface area contributed by atoms with Crippen molar-refractivity contribution in [3.63, 3.8) is 0 Å². The Morgan fingerprint density at radius 3 is 2.60 bits per heavy atom. The van der Waals surface area contributed by atoms with Crippen LogP contribution in [0.2, 0.25) is 0 Å². The predicted molar refractivity (Wildman–Crippen MR) is 64.1 cm³/mol. The smallest absolute Gasteiger partial charge is 0.0322 e. The van der Waals surface area contributed by atoms with Crippen LogP contribution in [0.4, 0.5) is 0 Å². The number of nitrogens with zero attached hydrogens (tertiary/aromatic N) is 1. The van der Waals surface area contributed by atoms with Gasteiger partial charge in [0.15, 0.2) is 0 Å². The fourth-order valence-corrected chi connectivity index (χ4v) is 2.07. The van der Waals surface area contributed by atoms with Gasteiger partial charge in [0.25, 0.3) is 0 Å². The summed E-state index contributed by atoms with van der Waals surface area (Å²) in [4.78, 5) is 2.34. The molecule has 15 heavy (non-hydrogen) atoms. The topological polar surface area (TPSA) is 15.3 Å². The first-order chi connectivity index (χ1) is 7.25. The van der Waals surface area contributed by atoms with Crippen LogP contribution >= 0.6 is 0 Å². The van der Waals surface area contributed by atoms with Gasteiger partial charge in [-0.2, -0.15) is 0 Å². The first kappa shape index (κ1) is 10.7. The highest BCUT2D eigenvalue weighted by Crippen LogP contribution is 2.14. The van der Waals surface area contributed by atoms with Gasteiger partial charge in [0.2, 0.25) is 0 Å². The Labute approximate surface area is 92.3 Å². The molecule has 1 unspecified atom stereocenters. The summed E-state index contributed by atoms with van der Waals surface area (Å²) in [6, 6.07) is 11.4. The highest BCUT2D eigenvalue weighted by molar-refractivity contribution is 5.19. The summed E-state index contributed by atoms with van der Waals surface area (Å²) in [6.07, 6.45) is 0. The van der Waals surface area contributed by atoms with Gasteiger partial charge in [-0.05, 0) is 18.5 Å². The summed E-state index contributed by atoms with van der Waals surface area (Å²) in [5.74, 6) is 0.608. The lowest BCUT2D eigenvalue weighted by Crippen LogP contribution is -2.56. The fourth-order valence-electron chi connectivity index (χ4n) is 2.07. The maximum absolute atomic E-state index is 3.61. The molecule has 0 amide bonds. The Morgan fingerprint density at radius 1 is 1.33 bits per heavy atom. The SMILES string of the molecule is CC(CNC1CN(C)C1)c1ccccc1. The second kappa shape index (κ2) is 4.77. The van der Waals surface area contributed by atoms with Gasteiger partial charge in [-0.1, -0.05) is 37.3 Å². The molecule has 0 bridgehead atoms. The molecular formula is C13H20N2. The van der Waals surface area contributed by atoms with E-state index in [0.29, 0.717) is 12.0 Å². The van der Waals surface area contributed by atoms with Crippen molar-refractivity contribution in [3.05, 3.63) is 35.9 Å². The first-order valence-corrected chi connectivity index (χ1v) is 5.72. The molecule has 1 fully saturated rings. The molecule has 1 heterocycles. The van der Waals surface area contributed by atoms with Crippen molar-refractivity contribution in [3.8, 4) is 0 Å². The number of nitrogens with one attached hydrogen (secondary N) is 1. The molecule has 1 N–H and O–H groups in total. The predicted octanol–water partition coefficient (Wildman–Crippen LogP) is 1.69. The normalized spacial score (nSPS) is 19.9. The van der Waals surface area contributed by atoms with Crippen molar-refractivity contribution in [1.29, 1.82) is 0 Å². The Hall–Kier alpha value is -0.860. The van der Waals surface area contributed by atoms with Crippen molar-refractivity contribution >= 4 is 0 Å². The summed E-state index contributed by atoms with van der Waals surface area (Å²) in [5, 5.41) is 3.61. The molecule has 0 spiro atoms. The van der Waals surface area contributed by atoms with Crippen molar-refractivity contribution in [2.75, 3.05) is 26.7 Å². The van der Waals surface area contributed by atoms with Gasteiger partial charge in [-0.3, -0.25) is 0 Å². The molecule has 1 aromatic carbocycles. The van der Waals surface area contributed by atoms with E-state index in [0.717, 1.165) is 6.54 Å². The minimum atomic E-state index is 0.608. The van der Waals surface area contributed by atoms with Gasteiger partial charge in [0, 0.05) is 25.7 Å². The van der Waals surface area contributed by atoms with Crippen LogP contribution in [0.25, 0.3) is 0 Å². The third kappa shape index (κ3) is 2.80. The van der Waals surface area contributed by atoms with Crippen LogP contribution in [0.15, 0.2) is 30.3 Å². The van der Waals surface area contributed by atoms with Crippen LogP contribution < -0.4 is 5.32 Å². The average Bonchev–Trinajstić information content (AvgIpc) is 2.23. The van der Waals surface area contributed by atoms with E-state index in [-0.39, 0.29) is 0 Å². The lowest BCUT2D eigenvalue weighted by Gasteiger charge is -2.37. The molecule has 1 aromatic rings. The number of hydrogen-bond donors (Lipinski definition) is 1. The van der Waals surface area contributed by atoms with E-state index in [1.165, 1.54) is 18.7 Å². The molecule has 2 nitrogen and oxygen atoms in total. The van der Waals surface area contributed by atoms with Gasteiger partial charge in [-0.15, -0.1) is 0 Å². The van der Waals surface area contributed by atoms with Gasteiger partial charge in [0.05, 0.1) is 0 Å². The van der Waals surface area contributed by atoms with Crippen molar-refractivity contribution in [2.24, 2.45) is 0 Å². The Balaban J connectivity index is 1.75. The molecule has 1 atom stereocenters. The van der Waals surface area contributed by atoms with Crippen LogP contribution in [-0.2, 0) is 0 Å². The molecule has 1 saturated heterocycles. The van der Waals surface area contributed by atoms with E-state index in [1.807, 2.05) is 0 Å². The largest absolute Gasteiger partial charge is 0.311 e. The third-order valence-corrected chi connectivity index (χ3v) is 3.15. The van der Waals surface area contributed by atoms with E-state index in [1.54, 1.807) is 0 Å². The second-order valence-electron chi connectivity index (χ2n) is 4.64. The fraction of sp³-hybridized carbons (Fsp3) is 0.538. The number of likely N-dealkylation sites (N-methyl/N-ethyl adjacent to an activating group) is 1. The van der Waals surface area contributed by atoms with E-state index in [9.17, 15) is 0 Å². The maximum Gasteiger partial charge on any atom is 0.0322 e. The van der Waals surface area contributed by atoms with Gasteiger partial charge in [0.1, 0.15) is 0 Å². The van der Waals surface area contributed by atoms with Gasteiger partial charge >= 0.3 is 0 Å². The van der Waals surface area contributed by atoms with Crippen molar-refractivity contribution in [1.82, 2.24) is 10.2 Å². The Kier molecular flexibility index (Phi) is 3.39. The number of hydrogen-bond acceptors (Lipinski definition) is 2. The summed E-state index contributed by atoms with van der Waals surface area (Å²) < 4.78 is 0. The minimum absolute atomic E-state index is 0.608. The summed E-state index contributed by atoms with van der Waals surface area (Å²) in [6.45, 7) is 5.76. The molecule has 0 saturated carbocycles. The maximum atomic E-state index is 3.61. The average molecular weight is 204 g/mol. The number of benzene rings is 1. The van der Waals surface area contributed by atoms with Crippen molar-refractivity contribution in [2.45, 2.75) is 18.9 Å². The molecule has 0 aromatic heterocycles. The zero-order chi connectivity index (χ0) is 10.7. The Bertz CT molecular complexity index is 291. The second-order valence-corrected chi connectivity index (χ2v) is 4.64. The highest BCUT2D eigenvalue weighted by atomic mass is 15.2. The molecule has 0 radical (unpaired) electrons. The number of likely N-dealkylation sites (tertiary alicyclic amines) is 1. The summed E-state index contributed by atoms with van der Waals surface area (Å²) in [5.41, 5.74) is 1.43.